The molecule has 0 fully saturated rings. The number of phenols is 1. The second-order valence-electron chi connectivity index (χ2n) is 3.72. The molecule has 0 spiro atoms. The summed E-state index contributed by atoms with van der Waals surface area (Å²) >= 11 is 0. The van der Waals surface area contributed by atoms with E-state index in [2.05, 4.69) is 0 Å². The summed E-state index contributed by atoms with van der Waals surface area (Å²) < 4.78 is 18.3. The van der Waals surface area contributed by atoms with Crippen LogP contribution >= 0.6 is 0 Å². The quantitative estimate of drug-likeness (QED) is 0.870. The molecule has 2 aromatic rings. The van der Waals surface area contributed by atoms with Crippen molar-refractivity contribution in [3.05, 3.63) is 53.8 Å². The minimum Gasteiger partial charge on any atom is -0.504 e. The van der Waals surface area contributed by atoms with Gasteiger partial charge in [-0.3, -0.25) is 0 Å². The number of hydrogen-bond donors (Lipinski definition) is 1. The number of benzene rings is 2. The van der Waals surface area contributed by atoms with Gasteiger partial charge in [0.1, 0.15) is 11.6 Å². The van der Waals surface area contributed by atoms with E-state index in [9.17, 15) is 9.50 Å². The number of aryl methyl sites for hydroxylation is 1. The zero-order valence-corrected chi connectivity index (χ0v) is 9.48. The lowest BCUT2D eigenvalue weighted by Crippen LogP contribution is -1.87. The monoisotopic (exact) mass is 232 g/mol. The van der Waals surface area contributed by atoms with Crippen LogP contribution in [0.15, 0.2) is 42.5 Å². The van der Waals surface area contributed by atoms with Gasteiger partial charge in [0, 0.05) is 6.07 Å². The average Bonchev–Trinajstić information content (AvgIpc) is 2.32. The molecular formula is C14H13FO2. The lowest BCUT2D eigenvalue weighted by molar-refractivity contribution is 0.409. The van der Waals surface area contributed by atoms with Crippen molar-refractivity contribution >= 4 is 0 Å². The Kier molecular flexibility index (Phi) is 3.28. The van der Waals surface area contributed by atoms with Gasteiger partial charge in [0.2, 0.25) is 0 Å². The van der Waals surface area contributed by atoms with Gasteiger partial charge >= 0.3 is 0 Å². The molecule has 2 aromatic carbocycles. The van der Waals surface area contributed by atoms with Crippen molar-refractivity contribution in [3.8, 4) is 17.2 Å². The Morgan fingerprint density at radius 3 is 2.65 bits per heavy atom. The third-order valence-electron chi connectivity index (χ3n) is 2.46. The van der Waals surface area contributed by atoms with Crippen LogP contribution in [-0.4, -0.2) is 5.11 Å². The van der Waals surface area contributed by atoms with Crippen LogP contribution < -0.4 is 4.74 Å². The van der Waals surface area contributed by atoms with Crippen LogP contribution in [0.25, 0.3) is 0 Å². The van der Waals surface area contributed by atoms with Crippen molar-refractivity contribution in [2.75, 3.05) is 0 Å². The first kappa shape index (κ1) is 11.5. The molecule has 0 aliphatic rings. The van der Waals surface area contributed by atoms with Gasteiger partial charge in [0.05, 0.1) is 0 Å². The molecule has 0 aliphatic carbocycles. The normalized spacial score (nSPS) is 10.2. The van der Waals surface area contributed by atoms with E-state index in [1.54, 1.807) is 24.3 Å². The van der Waals surface area contributed by atoms with Crippen molar-refractivity contribution < 1.29 is 14.2 Å². The minimum atomic E-state index is -0.368. The molecule has 17 heavy (non-hydrogen) atoms. The van der Waals surface area contributed by atoms with Crippen LogP contribution in [0.5, 0.6) is 17.2 Å². The number of aromatic hydroxyl groups is 1. The molecule has 0 radical (unpaired) electrons. The summed E-state index contributed by atoms with van der Waals surface area (Å²) in [5.41, 5.74) is 1.02. The van der Waals surface area contributed by atoms with E-state index in [0.29, 0.717) is 11.5 Å². The molecule has 0 saturated heterocycles. The SMILES string of the molecule is CCc1ccc(Oc2cccc(F)c2)c(O)c1. The van der Waals surface area contributed by atoms with E-state index in [4.69, 9.17) is 4.74 Å². The zero-order chi connectivity index (χ0) is 12.3. The maximum Gasteiger partial charge on any atom is 0.169 e. The van der Waals surface area contributed by atoms with Crippen molar-refractivity contribution in [1.29, 1.82) is 0 Å². The largest absolute Gasteiger partial charge is 0.504 e. The fraction of sp³-hybridized carbons (Fsp3) is 0.143. The van der Waals surface area contributed by atoms with Crippen LogP contribution in [0, 0.1) is 5.82 Å². The predicted octanol–water partition coefficient (Wildman–Crippen LogP) is 3.89. The first-order valence-corrected chi connectivity index (χ1v) is 5.44. The minimum absolute atomic E-state index is 0.0635. The molecule has 1 N–H and O–H groups in total. The zero-order valence-electron chi connectivity index (χ0n) is 9.48. The van der Waals surface area contributed by atoms with Gasteiger partial charge in [-0.25, -0.2) is 4.39 Å². The summed E-state index contributed by atoms with van der Waals surface area (Å²) in [5.74, 6) is 0.387. The first-order valence-electron chi connectivity index (χ1n) is 5.44. The molecule has 0 aliphatic heterocycles. The Morgan fingerprint density at radius 1 is 1.18 bits per heavy atom. The van der Waals surface area contributed by atoms with Crippen LogP contribution in [0.1, 0.15) is 12.5 Å². The molecule has 0 bridgehead atoms. The highest BCUT2D eigenvalue weighted by Crippen LogP contribution is 2.31. The maximum absolute atomic E-state index is 12.9. The number of phenolic OH excluding ortho intramolecular Hbond substituents is 1. The standard InChI is InChI=1S/C14H13FO2/c1-2-10-6-7-14(13(16)8-10)17-12-5-3-4-11(15)9-12/h3-9,16H,2H2,1H3. The van der Waals surface area contributed by atoms with Crippen LogP contribution in [0.4, 0.5) is 4.39 Å². The fourth-order valence-electron chi connectivity index (χ4n) is 1.53. The number of hydrogen-bond acceptors (Lipinski definition) is 2. The molecule has 88 valence electrons. The van der Waals surface area contributed by atoms with E-state index < -0.39 is 0 Å². The van der Waals surface area contributed by atoms with E-state index in [1.807, 2.05) is 13.0 Å². The Morgan fingerprint density at radius 2 is 2.00 bits per heavy atom. The summed E-state index contributed by atoms with van der Waals surface area (Å²) in [7, 11) is 0. The van der Waals surface area contributed by atoms with Gasteiger partial charge in [-0.15, -0.1) is 0 Å². The van der Waals surface area contributed by atoms with Gasteiger partial charge in [0.15, 0.2) is 11.5 Å². The second-order valence-corrected chi connectivity index (χ2v) is 3.72. The van der Waals surface area contributed by atoms with Crippen molar-refractivity contribution in [1.82, 2.24) is 0 Å². The van der Waals surface area contributed by atoms with E-state index in [1.165, 1.54) is 12.1 Å². The smallest absolute Gasteiger partial charge is 0.169 e. The molecule has 0 heterocycles. The molecular weight excluding hydrogens is 219 g/mol. The molecule has 0 aromatic heterocycles. The lowest BCUT2D eigenvalue weighted by atomic mass is 10.1. The predicted molar refractivity (Wildman–Crippen MR) is 64.0 cm³/mol. The highest BCUT2D eigenvalue weighted by atomic mass is 19.1. The van der Waals surface area contributed by atoms with E-state index >= 15 is 0 Å². The van der Waals surface area contributed by atoms with Crippen molar-refractivity contribution in [2.24, 2.45) is 0 Å². The molecule has 3 heteroatoms. The Balaban J connectivity index is 2.24. The highest BCUT2D eigenvalue weighted by molar-refractivity contribution is 5.44. The molecule has 0 saturated carbocycles. The summed E-state index contributed by atoms with van der Waals surface area (Å²) in [6, 6.07) is 11.0. The Labute approximate surface area is 99.3 Å². The van der Waals surface area contributed by atoms with Crippen LogP contribution in [0.2, 0.25) is 0 Å². The molecule has 2 nitrogen and oxygen atoms in total. The highest BCUT2D eigenvalue weighted by Gasteiger charge is 2.05. The second kappa shape index (κ2) is 4.87. The van der Waals surface area contributed by atoms with Crippen LogP contribution in [0.3, 0.4) is 0 Å². The number of halogens is 1. The van der Waals surface area contributed by atoms with Crippen molar-refractivity contribution in [2.45, 2.75) is 13.3 Å². The molecule has 0 amide bonds. The third kappa shape index (κ3) is 2.75. The van der Waals surface area contributed by atoms with E-state index in [-0.39, 0.29) is 11.6 Å². The number of rotatable bonds is 3. The first-order chi connectivity index (χ1) is 8.19. The van der Waals surface area contributed by atoms with Gasteiger partial charge < -0.3 is 9.84 Å². The average molecular weight is 232 g/mol. The Hall–Kier alpha value is -2.03. The Bertz CT molecular complexity index is 523. The molecule has 0 unspecified atom stereocenters. The molecule has 2 rings (SSSR count). The molecule has 0 atom stereocenters. The van der Waals surface area contributed by atoms with Crippen molar-refractivity contribution in [3.63, 3.8) is 0 Å². The fourth-order valence-corrected chi connectivity index (χ4v) is 1.53. The number of ether oxygens (including phenoxy) is 1. The third-order valence-corrected chi connectivity index (χ3v) is 2.46. The van der Waals surface area contributed by atoms with Gasteiger partial charge in [0.25, 0.3) is 0 Å². The summed E-state index contributed by atoms with van der Waals surface area (Å²) in [4.78, 5) is 0. The summed E-state index contributed by atoms with van der Waals surface area (Å²) in [6.07, 6.45) is 0.841. The lowest BCUT2D eigenvalue weighted by Gasteiger charge is -2.08. The van der Waals surface area contributed by atoms with Gasteiger partial charge in [-0.2, -0.15) is 0 Å². The van der Waals surface area contributed by atoms with Gasteiger partial charge in [-0.1, -0.05) is 19.1 Å². The summed E-state index contributed by atoms with van der Waals surface area (Å²) in [6.45, 7) is 2.00. The summed E-state index contributed by atoms with van der Waals surface area (Å²) in [5, 5.41) is 9.73. The van der Waals surface area contributed by atoms with Gasteiger partial charge in [-0.05, 0) is 36.2 Å². The van der Waals surface area contributed by atoms with Crippen LogP contribution in [-0.2, 0) is 6.42 Å². The maximum atomic E-state index is 12.9. The topological polar surface area (TPSA) is 29.5 Å². The van der Waals surface area contributed by atoms with E-state index in [0.717, 1.165) is 12.0 Å².